The summed E-state index contributed by atoms with van der Waals surface area (Å²) in [6.45, 7) is 7.58. The molecule has 1 fully saturated rings. The first-order valence-corrected chi connectivity index (χ1v) is 3.50. The zero-order valence-electron chi connectivity index (χ0n) is 7.09. The fourth-order valence-corrected chi connectivity index (χ4v) is 1.15. The largest absolute Gasteiger partial charge is 0.409 e. The summed E-state index contributed by atoms with van der Waals surface area (Å²) in [6.07, 6.45) is 0. The van der Waals surface area contributed by atoms with Crippen molar-refractivity contribution < 1.29 is 4.84 Å². The molecule has 0 bridgehead atoms. The molecular formula is C8H12N2O. The third-order valence-electron chi connectivity index (χ3n) is 2.22. The van der Waals surface area contributed by atoms with Gasteiger partial charge in [0.1, 0.15) is 11.7 Å². The molecule has 1 rings (SSSR count). The quantitative estimate of drug-likeness (QED) is 0.525. The Balaban J connectivity index is 2.96. The lowest BCUT2D eigenvalue weighted by atomic mass is 9.89. The van der Waals surface area contributed by atoms with Crippen LogP contribution >= 0.6 is 0 Å². The molecule has 3 nitrogen and oxygen atoms in total. The van der Waals surface area contributed by atoms with Crippen molar-refractivity contribution in [3.05, 3.63) is 12.3 Å². The van der Waals surface area contributed by atoms with E-state index in [1.54, 1.807) is 5.06 Å². The maximum absolute atomic E-state index is 8.77. The number of nitriles is 1. The number of hydrogen-bond donors (Lipinski definition) is 0. The van der Waals surface area contributed by atoms with E-state index in [0.29, 0.717) is 5.76 Å². The van der Waals surface area contributed by atoms with Crippen molar-refractivity contribution in [1.82, 2.24) is 5.06 Å². The van der Waals surface area contributed by atoms with E-state index in [9.17, 15) is 0 Å². The number of rotatable bonds is 0. The Hall–Kier alpha value is -1.01. The third-order valence-corrected chi connectivity index (χ3v) is 2.22. The molecule has 0 aliphatic carbocycles. The molecule has 1 heterocycles. The van der Waals surface area contributed by atoms with E-state index in [1.165, 1.54) is 0 Å². The Kier molecular flexibility index (Phi) is 1.65. The van der Waals surface area contributed by atoms with Gasteiger partial charge < -0.3 is 4.84 Å². The van der Waals surface area contributed by atoms with Gasteiger partial charge in [-0.25, -0.2) is 0 Å². The summed E-state index contributed by atoms with van der Waals surface area (Å²) < 4.78 is 0. The van der Waals surface area contributed by atoms with Gasteiger partial charge >= 0.3 is 0 Å². The molecule has 1 aliphatic rings. The molecule has 0 N–H and O–H groups in total. The zero-order chi connectivity index (χ0) is 8.65. The van der Waals surface area contributed by atoms with Gasteiger partial charge in [0.05, 0.1) is 11.6 Å². The van der Waals surface area contributed by atoms with Crippen LogP contribution in [0.25, 0.3) is 0 Å². The summed E-state index contributed by atoms with van der Waals surface area (Å²) in [6, 6.07) is 2.17. The molecule has 1 saturated heterocycles. The first kappa shape index (κ1) is 8.09. The molecule has 11 heavy (non-hydrogen) atoms. The second kappa shape index (κ2) is 2.24. The fraction of sp³-hybridized carbons (Fsp3) is 0.625. The van der Waals surface area contributed by atoms with Crippen molar-refractivity contribution in [3.8, 4) is 6.07 Å². The molecule has 0 saturated carbocycles. The van der Waals surface area contributed by atoms with Crippen molar-refractivity contribution >= 4 is 0 Å². The molecule has 1 unspecified atom stereocenters. The van der Waals surface area contributed by atoms with Crippen LogP contribution < -0.4 is 0 Å². The maximum Gasteiger partial charge on any atom is 0.136 e. The van der Waals surface area contributed by atoms with Crippen LogP contribution in [0.5, 0.6) is 0 Å². The first-order valence-electron chi connectivity index (χ1n) is 3.50. The highest BCUT2D eigenvalue weighted by atomic mass is 16.7. The lowest BCUT2D eigenvalue weighted by molar-refractivity contribution is -0.110. The van der Waals surface area contributed by atoms with E-state index in [-0.39, 0.29) is 11.5 Å². The average Bonchev–Trinajstić information content (AvgIpc) is 2.04. The molecule has 0 spiro atoms. The Bertz CT molecular complexity index is 227. The van der Waals surface area contributed by atoms with Crippen molar-refractivity contribution in [1.29, 1.82) is 5.26 Å². The molecule has 0 radical (unpaired) electrons. The van der Waals surface area contributed by atoms with Gasteiger partial charge in [0, 0.05) is 7.05 Å². The molecule has 1 atom stereocenters. The van der Waals surface area contributed by atoms with Crippen LogP contribution in [0.4, 0.5) is 0 Å². The second-order valence-corrected chi connectivity index (χ2v) is 3.27. The lowest BCUT2D eigenvalue weighted by Crippen LogP contribution is -2.38. The monoisotopic (exact) mass is 152 g/mol. The van der Waals surface area contributed by atoms with Gasteiger partial charge in [-0.1, -0.05) is 6.58 Å². The van der Waals surface area contributed by atoms with Gasteiger partial charge in [-0.05, 0) is 13.8 Å². The van der Waals surface area contributed by atoms with Crippen molar-refractivity contribution in [2.75, 3.05) is 7.05 Å². The predicted molar refractivity (Wildman–Crippen MR) is 41.2 cm³/mol. The van der Waals surface area contributed by atoms with Gasteiger partial charge in [0.15, 0.2) is 0 Å². The maximum atomic E-state index is 8.77. The van der Waals surface area contributed by atoms with Crippen LogP contribution in [0.2, 0.25) is 0 Å². The van der Waals surface area contributed by atoms with Crippen LogP contribution in [0.15, 0.2) is 12.3 Å². The van der Waals surface area contributed by atoms with Gasteiger partial charge in [-0.15, -0.1) is 5.06 Å². The van der Waals surface area contributed by atoms with Gasteiger partial charge in [0.25, 0.3) is 0 Å². The molecule has 60 valence electrons. The van der Waals surface area contributed by atoms with Gasteiger partial charge in [-0.3, -0.25) is 0 Å². The van der Waals surface area contributed by atoms with Crippen LogP contribution in [0.3, 0.4) is 0 Å². The molecule has 3 heteroatoms. The molecule has 1 aliphatic heterocycles. The fourth-order valence-electron chi connectivity index (χ4n) is 1.15. The van der Waals surface area contributed by atoms with Gasteiger partial charge in [0.2, 0.25) is 0 Å². The Morgan fingerprint density at radius 1 is 1.73 bits per heavy atom. The summed E-state index contributed by atoms with van der Waals surface area (Å²) in [4.78, 5) is 5.20. The van der Waals surface area contributed by atoms with Crippen molar-refractivity contribution in [2.24, 2.45) is 5.92 Å². The second-order valence-electron chi connectivity index (χ2n) is 3.27. The van der Waals surface area contributed by atoms with Gasteiger partial charge in [-0.2, -0.15) is 5.26 Å². The highest BCUT2D eigenvalue weighted by Crippen LogP contribution is 2.36. The topological polar surface area (TPSA) is 36.3 Å². The van der Waals surface area contributed by atoms with E-state index >= 15 is 0 Å². The van der Waals surface area contributed by atoms with E-state index in [4.69, 9.17) is 10.1 Å². The summed E-state index contributed by atoms with van der Waals surface area (Å²) >= 11 is 0. The molecule has 0 aromatic carbocycles. The van der Waals surface area contributed by atoms with E-state index in [0.717, 1.165) is 0 Å². The number of nitrogens with zero attached hydrogens (tertiary/aromatic N) is 2. The lowest BCUT2D eigenvalue weighted by Gasteiger charge is -2.25. The minimum Gasteiger partial charge on any atom is -0.409 e. The van der Waals surface area contributed by atoms with Crippen LogP contribution in [0.1, 0.15) is 13.8 Å². The van der Waals surface area contributed by atoms with Crippen molar-refractivity contribution in [2.45, 2.75) is 19.4 Å². The van der Waals surface area contributed by atoms with Crippen LogP contribution in [-0.2, 0) is 4.84 Å². The summed E-state index contributed by atoms with van der Waals surface area (Å²) in [5.41, 5.74) is -0.258. The molecule has 0 aromatic rings. The standard InChI is InChI=1S/C8H12N2O/c1-6-7(5-9)8(2,3)10(4)11-6/h7H,1H2,2-4H3. The number of hydroxylamine groups is 2. The van der Waals surface area contributed by atoms with Crippen LogP contribution in [-0.4, -0.2) is 17.6 Å². The highest BCUT2D eigenvalue weighted by molar-refractivity contribution is 5.16. The molecular weight excluding hydrogens is 140 g/mol. The minimum atomic E-state index is -0.258. The van der Waals surface area contributed by atoms with Crippen LogP contribution in [0, 0.1) is 17.2 Å². The average molecular weight is 152 g/mol. The summed E-state index contributed by atoms with van der Waals surface area (Å²) in [7, 11) is 1.81. The normalized spacial score (nSPS) is 29.6. The number of hydrogen-bond acceptors (Lipinski definition) is 3. The molecule has 0 amide bonds. The van der Waals surface area contributed by atoms with E-state index in [2.05, 4.69) is 12.6 Å². The first-order chi connectivity index (χ1) is 5.00. The predicted octanol–water partition coefficient (Wildman–Crippen LogP) is 1.30. The Morgan fingerprint density at radius 2 is 2.27 bits per heavy atom. The van der Waals surface area contributed by atoms with E-state index < -0.39 is 0 Å². The third kappa shape index (κ3) is 0.997. The highest BCUT2D eigenvalue weighted by Gasteiger charge is 2.44. The minimum absolute atomic E-state index is 0.229. The Morgan fingerprint density at radius 3 is 2.45 bits per heavy atom. The van der Waals surface area contributed by atoms with E-state index in [1.807, 2.05) is 20.9 Å². The summed E-state index contributed by atoms with van der Waals surface area (Å²) in [5.74, 6) is 0.312. The summed E-state index contributed by atoms with van der Waals surface area (Å²) in [5, 5.41) is 10.4. The zero-order valence-corrected chi connectivity index (χ0v) is 7.09. The Labute approximate surface area is 66.8 Å². The van der Waals surface area contributed by atoms with Crippen molar-refractivity contribution in [3.63, 3.8) is 0 Å². The smallest absolute Gasteiger partial charge is 0.136 e. The SMILES string of the molecule is C=C1ON(C)C(C)(C)C1C#N. The molecule has 0 aromatic heterocycles.